The number of pyridine rings is 4. The normalized spacial score (nSPS) is 20.1. The first-order chi connectivity index (χ1) is 40.7. The molecule has 4 atom stereocenters. The summed E-state index contributed by atoms with van der Waals surface area (Å²) in [4.78, 5) is 50.8. The van der Waals surface area contributed by atoms with Gasteiger partial charge in [0.15, 0.2) is 0 Å². The molecule has 8 aromatic carbocycles. The summed E-state index contributed by atoms with van der Waals surface area (Å²) in [6.45, 7) is 0. The molecule has 0 fully saturated rings. The van der Waals surface area contributed by atoms with Gasteiger partial charge in [-0.1, -0.05) is 170 Å². The summed E-state index contributed by atoms with van der Waals surface area (Å²) in [7, 11) is 2.99. The number of carbonyl (C=O) groups excluding carboxylic acids is 2. The number of rotatable bonds is 12. The SMILES string of the molecule is COC(=O)CCC1(CC2(CC3(CC4(CCC(=O)OC)c5ccccc5-c5nc6ccccc6cc54)c4ccccc4-c4nc5ccccc5cc43)c3ccccc3-c3nc4ccccc4cc32)c2ccccc2-c2nc3ccccc3cc21. The maximum atomic E-state index is 14.1. The molecule has 0 N–H and O–H groups in total. The number of ether oxygens (including phenoxy) is 2. The molecule has 4 unspecified atom stereocenters. The molecule has 0 amide bonds. The predicted molar refractivity (Wildman–Crippen MR) is 328 cm³/mol. The van der Waals surface area contributed by atoms with Gasteiger partial charge in [-0.05, 0) is 125 Å². The average Bonchev–Trinajstić information content (AvgIpc) is 1.80. The molecule has 8 nitrogen and oxygen atoms in total. The third-order valence-corrected chi connectivity index (χ3v) is 19.5. The van der Waals surface area contributed by atoms with E-state index in [1.165, 1.54) is 25.3 Å². The number of methoxy groups -OCH3 is 2. The Bertz CT molecular complexity index is 4450. The van der Waals surface area contributed by atoms with Crippen molar-refractivity contribution in [1.29, 1.82) is 0 Å². The molecule has 4 aliphatic rings. The van der Waals surface area contributed by atoms with E-state index in [9.17, 15) is 9.59 Å². The van der Waals surface area contributed by atoms with Crippen molar-refractivity contribution in [3.05, 3.63) is 263 Å². The van der Waals surface area contributed by atoms with Gasteiger partial charge in [-0.3, -0.25) is 9.59 Å². The number of fused-ring (bicyclic) bond motifs is 16. The van der Waals surface area contributed by atoms with Crippen molar-refractivity contribution in [3.63, 3.8) is 0 Å². The Morgan fingerprint density at radius 1 is 0.313 bits per heavy atom. The van der Waals surface area contributed by atoms with E-state index in [-0.39, 0.29) is 24.8 Å². The molecule has 4 aliphatic carbocycles. The molecular formula is C75H56N4O4. The summed E-state index contributed by atoms with van der Waals surface area (Å²) in [5.41, 5.74) is 17.5. The van der Waals surface area contributed by atoms with Crippen molar-refractivity contribution in [2.24, 2.45) is 0 Å². The number of benzene rings is 8. The molecule has 0 bridgehead atoms. The Morgan fingerprint density at radius 3 is 0.855 bits per heavy atom. The number of esters is 2. The van der Waals surface area contributed by atoms with Crippen LogP contribution in [0.4, 0.5) is 0 Å². The summed E-state index contributed by atoms with van der Waals surface area (Å²) >= 11 is 0. The zero-order chi connectivity index (χ0) is 55.7. The minimum absolute atomic E-state index is 0.176. The second-order valence-corrected chi connectivity index (χ2v) is 23.5. The van der Waals surface area contributed by atoms with E-state index in [0.29, 0.717) is 32.1 Å². The lowest BCUT2D eigenvalue weighted by atomic mass is 9.52. The van der Waals surface area contributed by atoms with Gasteiger partial charge in [0.1, 0.15) is 0 Å². The minimum Gasteiger partial charge on any atom is -0.469 e. The zero-order valence-corrected chi connectivity index (χ0v) is 46.2. The van der Waals surface area contributed by atoms with Crippen LogP contribution in [0.3, 0.4) is 0 Å². The van der Waals surface area contributed by atoms with Gasteiger partial charge in [0, 0.05) is 78.3 Å². The fourth-order valence-electron chi connectivity index (χ4n) is 16.1. The third kappa shape index (κ3) is 7.11. The van der Waals surface area contributed by atoms with E-state index in [1.54, 1.807) is 0 Å². The number of carbonyl (C=O) groups is 2. The van der Waals surface area contributed by atoms with Crippen LogP contribution in [0.25, 0.3) is 88.6 Å². The smallest absolute Gasteiger partial charge is 0.305 e. The Morgan fingerprint density at radius 2 is 0.554 bits per heavy atom. The second kappa shape index (κ2) is 18.4. The minimum atomic E-state index is -0.869. The van der Waals surface area contributed by atoms with Crippen LogP contribution in [-0.2, 0) is 40.7 Å². The molecule has 12 aromatic rings. The van der Waals surface area contributed by atoms with Crippen LogP contribution in [0, 0.1) is 0 Å². The molecule has 0 aliphatic heterocycles. The number of para-hydroxylation sites is 4. The first kappa shape index (κ1) is 49.2. The van der Waals surface area contributed by atoms with Crippen molar-refractivity contribution >= 4 is 55.6 Å². The van der Waals surface area contributed by atoms with Gasteiger partial charge in [-0.2, -0.15) is 0 Å². The predicted octanol–water partition coefficient (Wildman–Crippen LogP) is 16.1. The van der Waals surface area contributed by atoms with Crippen LogP contribution >= 0.6 is 0 Å². The standard InChI is InChI=1S/C75H56N4O4/c1-82-66(80)35-37-72(54-27-11-7-23-50(54)68-58(72)39-46-19-3-15-31-62(46)76-68)43-74(56-29-13-9-25-52(56)70-60(74)41-48-21-5-17-33-64(48)78-70)45-75(57-30-14-10-26-53(57)71-61(75)42-49-22-6-18-34-65(49)79-71)44-73(38-36-67(81)83-2)55-28-12-8-24-51(55)69-59(73)40-47-20-4-16-32-63(47)77-69/h3-34,39-42H,35-38,43-45H2,1-2H3. The van der Waals surface area contributed by atoms with E-state index in [2.05, 4.69) is 218 Å². The van der Waals surface area contributed by atoms with Gasteiger partial charge in [-0.15, -0.1) is 0 Å². The Balaban J connectivity index is 1.06. The van der Waals surface area contributed by atoms with Crippen molar-refractivity contribution < 1.29 is 19.1 Å². The molecule has 400 valence electrons. The van der Waals surface area contributed by atoms with E-state index in [0.717, 1.165) is 122 Å². The highest BCUT2D eigenvalue weighted by Gasteiger charge is 2.61. The monoisotopic (exact) mass is 1080 g/mol. The van der Waals surface area contributed by atoms with Crippen molar-refractivity contribution in [3.8, 4) is 45.0 Å². The van der Waals surface area contributed by atoms with E-state index >= 15 is 0 Å². The first-order valence-corrected chi connectivity index (χ1v) is 28.9. The highest BCUT2D eigenvalue weighted by Crippen LogP contribution is 2.69. The quantitative estimate of drug-likeness (QED) is 0.111. The fourth-order valence-corrected chi connectivity index (χ4v) is 16.1. The molecule has 8 heteroatoms. The highest BCUT2D eigenvalue weighted by atomic mass is 16.5. The molecule has 0 saturated heterocycles. The summed E-state index contributed by atoms with van der Waals surface area (Å²) in [6, 6.07) is 78.8. The molecule has 0 radical (unpaired) electrons. The first-order valence-electron chi connectivity index (χ1n) is 28.9. The van der Waals surface area contributed by atoms with Gasteiger partial charge in [0.25, 0.3) is 0 Å². The van der Waals surface area contributed by atoms with Crippen LogP contribution < -0.4 is 0 Å². The fraction of sp³-hybridized carbons (Fsp3) is 0.173. The van der Waals surface area contributed by atoms with Crippen LogP contribution in [0.15, 0.2) is 218 Å². The lowest BCUT2D eigenvalue weighted by molar-refractivity contribution is -0.141. The number of hydrogen-bond acceptors (Lipinski definition) is 8. The summed E-state index contributed by atoms with van der Waals surface area (Å²) in [5.74, 6) is -0.531. The van der Waals surface area contributed by atoms with E-state index in [1.807, 2.05) is 0 Å². The summed E-state index contributed by atoms with van der Waals surface area (Å²) in [5, 5.41) is 4.17. The average molecular weight is 1080 g/mol. The van der Waals surface area contributed by atoms with Crippen LogP contribution in [-0.4, -0.2) is 46.1 Å². The Labute approximate surface area is 480 Å². The van der Waals surface area contributed by atoms with Crippen LogP contribution in [0.1, 0.15) is 89.5 Å². The Hall–Kier alpha value is -9.66. The maximum Gasteiger partial charge on any atom is 0.305 e. The maximum absolute atomic E-state index is 14.1. The van der Waals surface area contributed by atoms with Gasteiger partial charge >= 0.3 is 11.9 Å². The molecule has 0 saturated carbocycles. The molecule has 4 aromatic heterocycles. The summed E-state index contributed by atoms with van der Waals surface area (Å²) < 4.78 is 11.2. The summed E-state index contributed by atoms with van der Waals surface area (Å²) in [6.07, 6.45) is 2.90. The lowest BCUT2D eigenvalue weighted by Gasteiger charge is -2.50. The van der Waals surface area contributed by atoms with Gasteiger partial charge in [0.05, 0.1) is 59.1 Å². The number of hydrogen-bond donors (Lipinski definition) is 0. The molecular weight excluding hydrogens is 1020 g/mol. The molecule has 4 heterocycles. The van der Waals surface area contributed by atoms with Crippen molar-refractivity contribution in [2.75, 3.05) is 14.2 Å². The zero-order valence-electron chi connectivity index (χ0n) is 46.2. The van der Waals surface area contributed by atoms with Crippen LogP contribution in [0.5, 0.6) is 0 Å². The van der Waals surface area contributed by atoms with Gasteiger partial charge in [0.2, 0.25) is 0 Å². The van der Waals surface area contributed by atoms with Crippen molar-refractivity contribution in [1.82, 2.24) is 19.9 Å². The molecule has 0 spiro atoms. The van der Waals surface area contributed by atoms with E-state index in [4.69, 9.17) is 29.4 Å². The van der Waals surface area contributed by atoms with Gasteiger partial charge < -0.3 is 9.47 Å². The largest absolute Gasteiger partial charge is 0.469 e. The third-order valence-electron chi connectivity index (χ3n) is 19.5. The highest BCUT2D eigenvalue weighted by molar-refractivity contribution is 5.95. The lowest BCUT2D eigenvalue weighted by Crippen LogP contribution is -2.46. The van der Waals surface area contributed by atoms with Crippen molar-refractivity contribution in [2.45, 2.75) is 66.6 Å². The second-order valence-electron chi connectivity index (χ2n) is 23.5. The van der Waals surface area contributed by atoms with E-state index < -0.39 is 21.7 Å². The molecule has 83 heavy (non-hydrogen) atoms. The Kier molecular flexibility index (Phi) is 10.9. The topological polar surface area (TPSA) is 104 Å². The number of nitrogens with zero attached hydrogens (tertiary/aromatic N) is 4. The van der Waals surface area contributed by atoms with Gasteiger partial charge in [-0.25, -0.2) is 19.9 Å². The van der Waals surface area contributed by atoms with Crippen LogP contribution in [0.2, 0.25) is 0 Å². The molecule has 16 rings (SSSR count). The number of aromatic nitrogens is 4.